The van der Waals surface area contributed by atoms with E-state index in [9.17, 15) is 4.79 Å². The summed E-state index contributed by atoms with van der Waals surface area (Å²) in [5.41, 5.74) is 1.47. The Morgan fingerprint density at radius 2 is 2.14 bits per heavy atom. The van der Waals surface area contributed by atoms with Crippen molar-refractivity contribution >= 4 is 18.5 Å². The molecule has 1 fully saturated rings. The largest absolute Gasteiger partial charge is 0.353 e. The maximum Gasteiger partial charge on any atom is 0.220 e. The molecule has 1 rings (SSSR count). The Morgan fingerprint density at radius 1 is 1.50 bits per heavy atom. The minimum Gasteiger partial charge on any atom is -0.353 e. The molecular formula is C11H19NOS. The molecule has 14 heavy (non-hydrogen) atoms. The topological polar surface area (TPSA) is 29.1 Å². The lowest BCUT2D eigenvalue weighted by Gasteiger charge is -2.10. The van der Waals surface area contributed by atoms with Crippen LogP contribution in [-0.4, -0.2) is 18.2 Å². The van der Waals surface area contributed by atoms with Crippen molar-refractivity contribution in [2.45, 2.75) is 33.1 Å². The number of thiol groups is 1. The van der Waals surface area contributed by atoms with Gasteiger partial charge in [0.05, 0.1) is 0 Å². The van der Waals surface area contributed by atoms with E-state index in [1.165, 1.54) is 5.57 Å². The lowest BCUT2D eigenvalue weighted by atomic mass is 10.1. The molecule has 0 aliphatic heterocycles. The van der Waals surface area contributed by atoms with E-state index in [4.69, 9.17) is 0 Å². The molecule has 0 unspecified atom stereocenters. The van der Waals surface area contributed by atoms with Gasteiger partial charge in [-0.1, -0.05) is 11.6 Å². The summed E-state index contributed by atoms with van der Waals surface area (Å²) < 4.78 is 0. The normalized spacial score (nSPS) is 17.4. The van der Waals surface area contributed by atoms with E-state index < -0.39 is 0 Å². The predicted octanol–water partition coefficient (Wildman–Crippen LogP) is 2.17. The number of hydrogen-bond acceptors (Lipinski definition) is 2. The Bertz CT molecular complexity index is 240. The van der Waals surface area contributed by atoms with E-state index in [0.717, 1.165) is 18.6 Å². The van der Waals surface area contributed by atoms with E-state index in [1.807, 2.05) is 19.9 Å². The molecule has 3 heteroatoms. The summed E-state index contributed by atoms with van der Waals surface area (Å²) in [6.45, 7) is 4.72. The zero-order valence-corrected chi connectivity index (χ0v) is 9.86. The minimum atomic E-state index is 0.161. The molecule has 2 nitrogen and oxygen atoms in total. The average Bonchev–Trinajstić information content (AvgIpc) is 2.85. The van der Waals surface area contributed by atoms with Crippen molar-refractivity contribution < 1.29 is 4.79 Å². The zero-order chi connectivity index (χ0) is 10.6. The molecule has 0 aromatic heterocycles. The average molecular weight is 213 g/mol. The highest BCUT2D eigenvalue weighted by Crippen LogP contribution is 2.49. The monoisotopic (exact) mass is 213 g/mol. The highest BCUT2D eigenvalue weighted by Gasteiger charge is 2.42. The highest BCUT2D eigenvalue weighted by atomic mass is 32.1. The second kappa shape index (κ2) is 4.87. The fourth-order valence-electron chi connectivity index (χ4n) is 1.34. The fourth-order valence-corrected chi connectivity index (χ4v) is 1.77. The summed E-state index contributed by atoms with van der Waals surface area (Å²) in [5.74, 6) is 0.998. The molecule has 1 N–H and O–H groups in total. The van der Waals surface area contributed by atoms with Gasteiger partial charge in [0.25, 0.3) is 0 Å². The van der Waals surface area contributed by atoms with Crippen LogP contribution in [-0.2, 0) is 4.79 Å². The quantitative estimate of drug-likeness (QED) is 0.532. The Morgan fingerprint density at radius 3 is 2.57 bits per heavy atom. The summed E-state index contributed by atoms with van der Waals surface area (Å²) in [6, 6.07) is 0. The first-order valence-corrected chi connectivity index (χ1v) is 5.72. The second-order valence-electron chi connectivity index (χ2n) is 4.42. The molecule has 1 amide bonds. The Balaban J connectivity index is 2.20. The van der Waals surface area contributed by atoms with Crippen molar-refractivity contribution in [2.75, 3.05) is 12.3 Å². The van der Waals surface area contributed by atoms with Gasteiger partial charge in [-0.3, -0.25) is 4.79 Å². The lowest BCUT2D eigenvalue weighted by molar-refractivity contribution is -0.121. The highest BCUT2D eigenvalue weighted by molar-refractivity contribution is 7.80. The molecular weight excluding hydrogens is 194 g/mol. The fraction of sp³-hybridized carbons (Fsp3) is 0.727. The van der Waals surface area contributed by atoms with Gasteiger partial charge in [-0.15, -0.1) is 0 Å². The van der Waals surface area contributed by atoms with Crippen LogP contribution in [0.15, 0.2) is 11.6 Å². The number of nitrogens with one attached hydrogen (secondary N) is 1. The molecule has 0 bridgehead atoms. The first kappa shape index (κ1) is 11.6. The van der Waals surface area contributed by atoms with Gasteiger partial charge >= 0.3 is 0 Å². The van der Waals surface area contributed by atoms with Crippen LogP contribution >= 0.6 is 12.6 Å². The number of rotatable bonds is 5. The standard InChI is InChI=1S/C11H19NOS/c1-9(2)3-6-12-10(13)7-11(8-14)4-5-11/h3,14H,4-8H2,1-2H3,(H,12,13). The van der Waals surface area contributed by atoms with Crippen LogP contribution in [0.3, 0.4) is 0 Å². The van der Waals surface area contributed by atoms with Crippen molar-refractivity contribution in [3.8, 4) is 0 Å². The third kappa shape index (κ3) is 3.74. The van der Waals surface area contributed by atoms with E-state index in [2.05, 4.69) is 17.9 Å². The van der Waals surface area contributed by atoms with Crippen LogP contribution < -0.4 is 5.32 Å². The van der Waals surface area contributed by atoms with Crippen LogP contribution in [0.4, 0.5) is 0 Å². The molecule has 1 aliphatic carbocycles. The maximum absolute atomic E-state index is 11.5. The van der Waals surface area contributed by atoms with Gasteiger partial charge in [0, 0.05) is 13.0 Å². The van der Waals surface area contributed by atoms with Crippen molar-refractivity contribution in [1.29, 1.82) is 0 Å². The molecule has 0 atom stereocenters. The van der Waals surface area contributed by atoms with Gasteiger partial charge in [-0.25, -0.2) is 0 Å². The number of allylic oxidation sites excluding steroid dienone is 1. The number of hydrogen-bond donors (Lipinski definition) is 2. The van der Waals surface area contributed by atoms with Gasteiger partial charge in [-0.05, 0) is 37.9 Å². The van der Waals surface area contributed by atoms with Crippen molar-refractivity contribution in [3.05, 3.63) is 11.6 Å². The molecule has 1 aliphatic rings. The minimum absolute atomic E-state index is 0.161. The predicted molar refractivity (Wildman–Crippen MR) is 62.6 cm³/mol. The SMILES string of the molecule is CC(C)=CCNC(=O)CC1(CS)CC1. The van der Waals surface area contributed by atoms with Gasteiger partial charge in [0.1, 0.15) is 0 Å². The van der Waals surface area contributed by atoms with Gasteiger partial charge in [0.15, 0.2) is 0 Å². The lowest BCUT2D eigenvalue weighted by Crippen LogP contribution is -2.26. The smallest absolute Gasteiger partial charge is 0.220 e. The number of carbonyl (C=O) groups is 1. The van der Waals surface area contributed by atoms with Crippen molar-refractivity contribution in [3.63, 3.8) is 0 Å². The Hall–Kier alpha value is -0.440. The van der Waals surface area contributed by atoms with Gasteiger partial charge in [-0.2, -0.15) is 12.6 Å². The number of amides is 1. The van der Waals surface area contributed by atoms with Gasteiger partial charge in [0.2, 0.25) is 5.91 Å². The van der Waals surface area contributed by atoms with Gasteiger partial charge < -0.3 is 5.32 Å². The summed E-state index contributed by atoms with van der Waals surface area (Å²) in [6.07, 6.45) is 4.99. The van der Waals surface area contributed by atoms with E-state index in [-0.39, 0.29) is 11.3 Å². The van der Waals surface area contributed by atoms with Crippen molar-refractivity contribution in [1.82, 2.24) is 5.32 Å². The third-order valence-electron chi connectivity index (χ3n) is 2.64. The molecule has 0 heterocycles. The molecule has 80 valence electrons. The van der Waals surface area contributed by atoms with Crippen LogP contribution in [0.1, 0.15) is 33.1 Å². The zero-order valence-electron chi connectivity index (χ0n) is 8.97. The summed E-state index contributed by atoms with van der Waals surface area (Å²) >= 11 is 4.27. The number of carbonyl (C=O) groups excluding carboxylic acids is 1. The summed E-state index contributed by atoms with van der Waals surface area (Å²) in [5, 5.41) is 2.90. The second-order valence-corrected chi connectivity index (χ2v) is 4.74. The van der Waals surface area contributed by atoms with Crippen LogP contribution in [0.2, 0.25) is 0 Å². The van der Waals surface area contributed by atoms with Crippen LogP contribution in [0.25, 0.3) is 0 Å². The molecule has 0 aromatic carbocycles. The molecule has 0 saturated heterocycles. The maximum atomic E-state index is 11.5. The molecule has 0 spiro atoms. The third-order valence-corrected chi connectivity index (χ3v) is 3.31. The molecule has 0 radical (unpaired) electrons. The van der Waals surface area contributed by atoms with Crippen LogP contribution in [0, 0.1) is 5.41 Å². The van der Waals surface area contributed by atoms with E-state index in [0.29, 0.717) is 13.0 Å². The van der Waals surface area contributed by atoms with Crippen LogP contribution in [0.5, 0.6) is 0 Å². The van der Waals surface area contributed by atoms with E-state index >= 15 is 0 Å². The Labute approximate surface area is 91.6 Å². The first-order valence-electron chi connectivity index (χ1n) is 5.09. The summed E-state index contributed by atoms with van der Waals surface area (Å²) in [4.78, 5) is 11.5. The molecule has 0 aromatic rings. The summed E-state index contributed by atoms with van der Waals surface area (Å²) in [7, 11) is 0. The first-order chi connectivity index (χ1) is 6.58. The van der Waals surface area contributed by atoms with E-state index in [1.54, 1.807) is 0 Å². The van der Waals surface area contributed by atoms with Crippen molar-refractivity contribution in [2.24, 2.45) is 5.41 Å². The molecule has 1 saturated carbocycles. The Kier molecular flexibility index (Phi) is 4.05.